The molecule has 2 N–H and O–H groups in total. The normalized spacial score (nSPS) is 15.1. The number of nitriles is 2. The van der Waals surface area contributed by atoms with Gasteiger partial charge in [0.1, 0.15) is 12.1 Å². The summed E-state index contributed by atoms with van der Waals surface area (Å²) in [4.78, 5) is 17.4. The maximum absolute atomic E-state index is 10.4. The van der Waals surface area contributed by atoms with Gasteiger partial charge in [0.15, 0.2) is 0 Å². The highest BCUT2D eigenvalue weighted by atomic mass is 14.9. The van der Waals surface area contributed by atoms with Crippen molar-refractivity contribution in [3.05, 3.63) is 139 Å². The molecule has 8 bridgehead atoms. The van der Waals surface area contributed by atoms with Crippen LogP contribution in [0.3, 0.4) is 0 Å². The standard InChI is InChI=1S/C38H30N6/c1-19-11-21(3)33(22(4)12-19)35-29-9-7-27(41-29)31-15-25(17-39)37(43-31)36(34-23(5)13-20(2)14-24(34)6)38-26(18-40)16-32(44-38)28-8-10-30(35)42-28/h7-16,41,43H,1-6H3. The highest BCUT2D eigenvalue weighted by Crippen LogP contribution is 2.41. The number of aromatic amines is 2. The van der Waals surface area contributed by atoms with E-state index in [4.69, 9.17) is 9.98 Å². The van der Waals surface area contributed by atoms with Crippen LogP contribution in [0.1, 0.15) is 61.5 Å². The number of aryl methyl sites for hydroxylation is 6. The molecule has 5 heterocycles. The van der Waals surface area contributed by atoms with E-state index in [1.165, 1.54) is 5.56 Å². The molecule has 2 aromatic heterocycles. The van der Waals surface area contributed by atoms with Crippen molar-refractivity contribution >= 4 is 22.6 Å². The maximum atomic E-state index is 10.4. The third-order valence-electron chi connectivity index (χ3n) is 8.57. The van der Waals surface area contributed by atoms with E-state index in [2.05, 4.69) is 94.0 Å². The monoisotopic (exact) mass is 570 g/mol. The van der Waals surface area contributed by atoms with Gasteiger partial charge in [-0.15, -0.1) is 0 Å². The Hall–Kier alpha value is -5.72. The van der Waals surface area contributed by atoms with E-state index in [0.29, 0.717) is 34.0 Å². The molecule has 3 aliphatic heterocycles. The summed E-state index contributed by atoms with van der Waals surface area (Å²) in [5, 5.41) is 20.8. The van der Waals surface area contributed by atoms with E-state index >= 15 is 0 Å². The zero-order chi connectivity index (χ0) is 30.9. The molecule has 3 aliphatic rings. The third kappa shape index (κ3) is 4.15. The summed E-state index contributed by atoms with van der Waals surface area (Å²) < 4.78 is 0. The van der Waals surface area contributed by atoms with Gasteiger partial charge in [-0.25, -0.2) is 9.98 Å². The van der Waals surface area contributed by atoms with Crippen LogP contribution in [-0.2, 0) is 0 Å². The van der Waals surface area contributed by atoms with Crippen LogP contribution in [0, 0.1) is 64.2 Å². The van der Waals surface area contributed by atoms with Crippen molar-refractivity contribution in [3.63, 3.8) is 0 Å². The number of hydrogen-bond donors (Lipinski definition) is 2. The lowest BCUT2D eigenvalue weighted by molar-refractivity contribution is 1.22. The number of aromatic nitrogens is 2. The van der Waals surface area contributed by atoms with E-state index in [-0.39, 0.29) is 0 Å². The van der Waals surface area contributed by atoms with E-state index in [0.717, 1.165) is 72.9 Å². The van der Waals surface area contributed by atoms with Gasteiger partial charge in [0, 0.05) is 16.8 Å². The van der Waals surface area contributed by atoms with Crippen LogP contribution in [-0.4, -0.2) is 21.4 Å². The number of nitrogens with zero attached hydrogens (tertiary/aromatic N) is 4. The molecular weight excluding hydrogens is 540 g/mol. The SMILES string of the molecule is Cc1cc(C)c(C2=C3C=CC(=N3)C3=NC(=C(c4c(C)cc(C)cc4C)c4[nH]c(cc4C#N)-c4ccc2[nH]4)C(C#N)=C3)c(C)c1. The quantitative estimate of drug-likeness (QED) is 0.254. The summed E-state index contributed by atoms with van der Waals surface area (Å²) in [6.45, 7) is 12.6. The fourth-order valence-electron chi connectivity index (χ4n) is 6.96. The first-order valence-electron chi connectivity index (χ1n) is 14.6. The molecule has 2 aromatic carbocycles. The highest BCUT2D eigenvalue weighted by Gasteiger charge is 2.29. The highest BCUT2D eigenvalue weighted by molar-refractivity contribution is 6.52. The van der Waals surface area contributed by atoms with Gasteiger partial charge >= 0.3 is 0 Å². The molecule has 6 heteroatoms. The van der Waals surface area contributed by atoms with Gasteiger partial charge in [0.2, 0.25) is 0 Å². The second-order valence-electron chi connectivity index (χ2n) is 11.9. The molecule has 0 radical (unpaired) electrons. The van der Waals surface area contributed by atoms with Gasteiger partial charge in [0.05, 0.1) is 51.0 Å². The van der Waals surface area contributed by atoms with Crippen molar-refractivity contribution in [1.29, 1.82) is 10.5 Å². The van der Waals surface area contributed by atoms with Crippen LogP contribution >= 0.6 is 0 Å². The summed E-state index contributed by atoms with van der Waals surface area (Å²) in [6.07, 6.45) is 5.81. The molecule has 44 heavy (non-hydrogen) atoms. The van der Waals surface area contributed by atoms with E-state index in [1.54, 1.807) is 0 Å². The van der Waals surface area contributed by atoms with Crippen LogP contribution in [0.25, 0.3) is 22.5 Å². The minimum Gasteiger partial charge on any atom is -0.353 e. The smallest absolute Gasteiger partial charge is 0.102 e. The van der Waals surface area contributed by atoms with E-state index < -0.39 is 0 Å². The van der Waals surface area contributed by atoms with Crippen molar-refractivity contribution in [2.24, 2.45) is 9.98 Å². The maximum Gasteiger partial charge on any atom is 0.102 e. The average molecular weight is 571 g/mol. The number of aliphatic imine (C=N–C) groups is 2. The summed E-state index contributed by atoms with van der Waals surface area (Å²) in [5.41, 5.74) is 17.4. The molecule has 0 saturated carbocycles. The average Bonchev–Trinajstić information content (AvgIpc) is 3.77. The molecule has 212 valence electrons. The summed E-state index contributed by atoms with van der Waals surface area (Å²) in [5.74, 6) is 0. The largest absolute Gasteiger partial charge is 0.353 e. The molecule has 0 aliphatic carbocycles. The van der Waals surface area contributed by atoms with Crippen molar-refractivity contribution in [3.8, 4) is 23.5 Å². The van der Waals surface area contributed by atoms with Crippen LogP contribution in [0.5, 0.6) is 0 Å². The van der Waals surface area contributed by atoms with Crippen LogP contribution in [0.2, 0.25) is 0 Å². The zero-order valence-corrected chi connectivity index (χ0v) is 25.6. The summed E-state index contributed by atoms with van der Waals surface area (Å²) in [7, 11) is 0. The molecule has 0 fully saturated rings. The number of hydrogen-bond acceptors (Lipinski definition) is 4. The van der Waals surface area contributed by atoms with Gasteiger partial charge in [-0.3, -0.25) is 0 Å². The number of fused-ring (bicyclic) bond motifs is 8. The summed E-state index contributed by atoms with van der Waals surface area (Å²) >= 11 is 0. The van der Waals surface area contributed by atoms with Gasteiger partial charge in [0.25, 0.3) is 0 Å². The summed E-state index contributed by atoms with van der Waals surface area (Å²) in [6, 6.07) is 19.4. The van der Waals surface area contributed by atoms with Crippen molar-refractivity contribution in [1.82, 2.24) is 9.97 Å². The van der Waals surface area contributed by atoms with Gasteiger partial charge < -0.3 is 9.97 Å². The van der Waals surface area contributed by atoms with Crippen molar-refractivity contribution < 1.29 is 0 Å². The molecule has 0 amide bonds. The lowest BCUT2D eigenvalue weighted by Gasteiger charge is -2.17. The Kier molecular flexibility index (Phi) is 6.13. The molecular formula is C38H30N6. The Bertz CT molecular complexity index is 2190. The first kappa shape index (κ1) is 27.1. The van der Waals surface area contributed by atoms with Crippen LogP contribution in [0.4, 0.5) is 0 Å². The van der Waals surface area contributed by atoms with E-state index in [1.807, 2.05) is 30.4 Å². The van der Waals surface area contributed by atoms with Crippen LogP contribution < -0.4 is 0 Å². The number of allylic oxidation sites excluding steroid dienone is 4. The van der Waals surface area contributed by atoms with Crippen molar-refractivity contribution in [2.45, 2.75) is 41.5 Å². The fourth-order valence-corrected chi connectivity index (χ4v) is 6.96. The third-order valence-corrected chi connectivity index (χ3v) is 8.57. The number of nitrogens with one attached hydrogen (secondary N) is 2. The lowest BCUT2D eigenvalue weighted by Crippen LogP contribution is -2.05. The predicted octanol–water partition coefficient (Wildman–Crippen LogP) is 8.18. The van der Waals surface area contributed by atoms with E-state index in [9.17, 15) is 10.5 Å². The molecule has 4 aromatic rings. The minimum absolute atomic E-state index is 0.435. The van der Waals surface area contributed by atoms with Gasteiger partial charge in [-0.1, -0.05) is 35.4 Å². The molecule has 0 spiro atoms. The Morgan fingerprint density at radius 3 is 1.84 bits per heavy atom. The number of rotatable bonds is 2. The fraction of sp³-hybridized carbons (Fsp3) is 0.158. The van der Waals surface area contributed by atoms with Crippen LogP contribution in [0.15, 0.2) is 87.6 Å². The Balaban J connectivity index is 1.60. The molecule has 0 unspecified atom stereocenters. The zero-order valence-electron chi connectivity index (χ0n) is 25.6. The second-order valence-corrected chi connectivity index (χ2v) is 11.9. The Morgan fingerprint density at radius 2 is 1.23 bits per heavy atom. The Labute approximate surface area is 256 Å². The molecule has 0 saturated heterocycles. The lowest BCUT2D eigenvalue weighted by atomic mass is 9.88. The first-order valence-corrected chi connectivity index (χ1v) is 14.6. The predicted molar refractivity (Wildman–Crippen MR) is 176 cm³/mol. The first-order chi connectivity index (χ1) is 21.2. The molecule has 7 rings (SSSR count). The topological polar surface area (TPSA) is 104 Å². The minimum atomic E-state index is 0.435. The van der Waals surface area contributed by atoms with Gasteiger partial charge in [-0.2, -0.15) is 10.5 Å². The molecule has 6 nitrogen and oxygen atoms in total. The number of H-pyrrole nitrogens is 2. The number of benzene rings is 2. The molecule has 0 atom stereocenters. The second kappa shape index (κ2) is 9.93. The van der Waals surface area contributed by atoms with Crippen molar-refractivity contribution in [2.75, 3.05) is 0 Å². The van der Waals surface area contributed by atoms with Gasteiger partial charge in [-0.05, 0) is 111 Å². The Morgan fingerprint density at radius 1 is 0.614 bits per heavy atom.